The van der Waals surface area contributed by atoms with Crippen molar-refractivity contribution >= 4 is 5.97 Å². The average molecular weight is 255 g/mol. The lowest BCUT2D eigenvalue weighted by Gasteiger charge is -2.32. The number of carboxylic acid groups (broad SMARTS) is 1. The third-order valence-corrected chi connectivity index (χ3v) is 4.02. The Balaban J connectivity index is 2.27. The molecular formula is C15H29NO2. The first-order chi connectivity index (χ1) is 8.51. The molecule has 0 unspecified atom stereocenters. The van der Waals surface area contributed by atoms with Gasteiger partial charge >= 0.3 is 5.97 Å². The zero-order valence-corrected chi connectivity index (χ0v) is 12.2. The van der Waals surface area contributed by atoms with Gasteiger partial charge in [0.1, 0.15) is 0 Å². The Kier molecular flexibility index (Phi) is 6.69. The van der Waals surface area contributed by atoms with Gasteiger partial charge in [-0.2, -0.15) is 0 Å². The smallest absolute Gasteiger partial charge is 0.303 e. The van der Waals surface area contributed by atoms with Crippen molar-refractivity contribution in [1.82, 2.24) is 4.90 Å². The van der Waals surface area contributed by atoms with Crippen molar-refractivity contribution in [2.75, 3.05) is 19.6 Å². The monoisotopic (exact) mass is 255 g/mol. The summed E-state index contributed by atoms with van der Waals surface area (Å²) in [5.41, 5.74) is 0. The quantitative estimate of drug-likeness (QED) is 0.759. The molecule has 0 heterocycles. The van der Waals surface area contributed by atoms with Gasteiger partial charge in [0.2, 0.25) is 0 Å². The zero-order chi connectivity index (χ0) is 13.5. The Bertz CT molecular complexity index is 245. The summed E-state index contributed by atoms with van der Waals surface area (Å²) in [7, 11) is 0. The number of carbonyl (C=O) groups is 1. The average Bonchev–Trinajstić information content (AvgIpc) is 2.29. The van der Waals surface area contributed by atoms with E-state index in [1.807, 2.05) is 0 Å². The number of aliphatic carboxylic acids is 1. The minimum Gasteiger partial charge on any atom is -0.481 e. The fourth-order valence-corrected chi connectivity index (χ4v) is 3.08. The largest absolute Gasteiger partial charge is 0.481 e. The molecule has 0 aliphatic heterocycles. The van der Waals surface area contributed by atoms with Crippen molar-refractivity contribution in [2.45, 2.75) is 52.9 Å². The molecule has 0 spiro atoms. The fraction of sp³-hybridized carbons (Fsp3) is 0.933. The van der Waals surface area contributed by atoms with Crippen molar-refractivity contribution < 1.29 is 9.90 Å². The lowest BCUT2D eigenvalue weighted by molar-refractivity contribution is -0.138. The molecule has 3 nitrogen and oxygen atoms in total. The summed E-state index contributed by atoms with van der Waals surface area (Å²) in [6.07, 6.45) is 5.02. The van der Waals surface area contributed by atoms with Crippen LogP contribution in [0.25, 0.3) is 0 Å². The van der Waals surface area contributed by atoms with E-state index in [0.717, 1.165) is 31.2 Å². The zero-order valence-electron chi connectivity index (χ0n) is 12.2. The normalized spacial score (nSPS) is 24.7. The summed E-state index contributed by atoms with van der Waals surface area (Å²) in [6, 6.07) is 0. The lowest BCUT2D eigenvalue weighted by atomic mass is 9.80. The highest BCUT2D eigenvalue weighted by molar-refractivity contribution is 5.67. The molecule has 106 valence electrons. The first-order valence-electron chi connectivity index (χ1n) is 7.45. The van der Waals surface area contributed by atoms with Crippen molar-refractivity contribution in [2.24, 2.45) is 17.8 Å². The summed E-state index contributed by atoms with van der Waals surface area (Å²) < 4.78 is 0. The standard InChI is InChI=1S/C15H29NO2/c1-4-16(10-12(2)3)11-14-7-5-13(6-8-14)9-15(17)18/h12-14H,4-11H2,1-3H3,(H,17,18)/t13-,14-. The second kappa shape index (κ2) is 7.78. The third kappa shape index (κ3) is 5.85. The van der Waals surface area contributed by atoms with Gasteiger partial charge in [-0.15, -0.1) is 0 Å². The van der Waals surface area contributed by atoms with E-state index in [2.05, 4.69) is 25.7 Å². The minimum atomic E-state index is -0.631. The molecule has 0 aromatic heterocycles. The highest BCUT2D eigenvalue weighted by atomic mass is 16.4. The third-order valence-electron chi connectivity index (χ3n) is 4.02. The predicted octanol–water partition coefficient (Wildman–Crippen LogP) is 3.25. The molecular weight excluding hydrogens is 226 g/mol. The highest BCUT2D eigenvalue weighted by Crippen LogP contribution is 2.31. The van der Waals surface area contributed by atoms with Crippen LogP contribution in [-0.2, 0) is 4.79 Å². The summed E-state index contributed by atoms with van der Waals surface area (Å²) in [4.78, 5) is 13.2. The van der Waals surface area contributed by atoms with Gasteiger partial charge in [-0.3, -0.25) is 4.79 Å². The van der Waals surface area contributed by atoms with Crippen LogP contribution in [-0.4, -0.2) is 35.6 Å². The Labute approximate surface area is 112 Å². The first-order valence-corrected chi connectivity index (χ1v) is 7.45. The van der Waals surface area contributed by atoms with Crippen LogP contribution in [0.1, 0.15) is 52.9 Å². The number of hydrogen-bond acceptors (Lipinski definition) is 2. The van der Waals surface area contributed by atoms with Crippen LogP contribution in [0.15, 0.2) is 0 Å². The van der Waals surface area contributed by atoms with E-state index in [4.69, 9.17) is 5.11 Å². The maximum Gasteiger partial charge on any atom is 0.303 e. The van der Waals surface area contributed by atoms with Crippen LogP contribution in [0.3, 0.4) is 0 Å². The summed E-state index contributed by atoms with van der Waals surface area (Å²) >= 11 is 0. The van der Waals surface area contributed by atoms with Gasteiger partial charge in [-0.1, -0.05) is 20.8 Å². The second-order valence-electron chi connectivity index (χ2n) is 6.23. The molecule has 0 aromatic rings. The van der Waals surface area contributed by atoms with Gasteiger partial charge in [0.05, 0.1) is 0 Å². The summed E-state index contributed by atoms with van der Waals surface area (Å²) in [5.74, 6) is 1.31. The van der Waals surface area contributed by atoms with Crippen LogP contribution in [0.4, 0.5) is 0 Å². The van der Waals surface area contributed by atoms with Gasteiger partial charge in [-0.05, 0) is 50.0 Å². The molecule has 1 N–H and O–H groups in total. The molecule has 3 heteroatoms. The highest BCUT2D eigenvalue weighted by Gasteiger charge is 2.24. The minimum absolute atomic E-state index is 0.371. The molecule has 1 rings (SSSR count). The number of rotatable bonds is 7. The molecule has 0 radical (unpaired) electrons. The molecule has 0 atom stereocenters. The second-order valence-corrected chi connectivity index (χ2v) is 6.23. The molecule has 1 aliphatic rings. The van der Waals surface area contributed by atoms with Gasteiger partial charge in [0.15, 0.2) is 0 Å². The van der Waals surface area contributed by atoms with Gasteiger partial charge < -0.3 is 10.0 Å². The van der Waals surface area contributed by atoms with Crippen LogP contribution >= 0.6 is 0 Å². The molecule has 1 fully saturated rings. The number of carboxylic acids is 1. The van der Waals surface area contributed by atoms with E-state index in [9.17, 15) is 4.79 Å². The van der Waals surface area contributed by atoms with Crippen molar-refractivity contribution in [3.05, 3.63) is 0 Å². The summed E-state index contributed by atoms with van der Waals surface area (Å²) in [6.45, 7) is 10.3. The maximum atomic E-state index is 10.7. The van der Waals surface area contributed by atoms with E-state index in [1.165, 1.54) is 25.9 Å². The Morgan fingerprint density at radius 1 is 1.22 bits per heavy atom. The topological polar surface area (TPSA) is 40.5 Å². The Morgan fingerprint density at radius 2 is 1.78 bits per heavy atom. The Hall–Kier alpha value is -0.570. The number of nitrogens with zero attached hydrogens (tertiary/aromatic N) is 1. The van der Waals surface area contributed by atoms with E-state index < -0.39 is 5.97 Å². The first kappa shape index (κ1) is 15.5. The van der Waals surface area contributed by atoms with Crippen LogP contribution in [0.2, 0.25) is 0 Å². The molecule has 1 aliphatic carbocycles. The van der Waals surface area contributed by atoms with E-state index >= 15 is 0 Å². The van der Waals surface area contributed by atoms with Crippen molar-refractivity contribution in [3.63, 3.8) is 0 Å². The van der Waals surface area contributed by atoms with Crippen LogP contribution in [0.5, 0.6) is 0 Å². The van der Waals surface area contributed by atoms with Gasteiger partial charge in [0, 0.05) is 19.5 Å². The van der Waals surface area contributed by atoms with Gasteiger partial charge in [-0.25, -0.2) is 0 Å². The van der Waals surface area contributed by atoms with E-state index in [-0.39, 0.29) is 0 Å². The van der Waals surface area contributed by atoms with Crippen molar-refractivity contribution in [3.8, 4) is 0 Å². The summed E-state index contributed by atoms with van der Waals surface area (Å²) in [5, 5.41) is 8.81. The van der Waals surface area contributed by atoms with Crippen LogP contribution < -0.4 is 0 Å². The number of hydrogen-bond donors (Lipinski definition) is 1. The van der Waals surface area contributed by atoms with Crippen LogP contribution in [0, 0.1) is 17.8 Å². The molecule has 0 aromatic carbocycles. The molecule has 0 amide bonds. The van der Waals surface area contributed by atoms with E-state index in [0.29, 0.717) is 12.3 Å². The van der Waals surface area contributed by atoms with Crippen molar-refractivity contribution in [1.29, 1.82) is 0 Å². The predicted molar refractivity (Wildman–Crippen MR) is 74.7 cm³/mol. The SMILES string of the molecule is CCN(CC(C)C)C[C@H]1CC[C@H](CC(=O)O)CC1. The molecule has 0 bridgehead atoms. The molecule has 18 heavy (non-hydrogen) atoms. The van der Waals surface area contributed by atoms with Gasteiger partial charge in [0.25, 0.3) is 0 Å². The maximum absolute atomic E-state index is 10.7. The molecule has 0 saturated heterocycles. The fourth-order valence-electron chi connectivity index (χ4n) is 3.08. The van der Waals surface area contributed by atoms with E-state index in [1.54, 1.807) is 0 Å². The Morgan fingerprint density at radius 3 is 2.22 bits per heavy atom. The lowest BCUT2D eigenvalue weighted by Crippen LogP contribution is -2.34. The molecule has 1 saturated carbocycles.